The molecule has 4 heterocycles. The van der Waals surface area contributed by atoms with Gasteiger partial charge < -0.3 is 30.6 Å². The Labute approximate surface area is 204 Å². The topological polar surface area (TPSA) is 139 Å². The number of morpholine rings is 1. The van der Waals surface area contributed by atoms with Crippen LogP contribution >= 0.6 is 0 Å². The van der Waals surface area contributed by atoms with E-state index in [4.69, 9.17) is 25.7 Å². The van der Waals surface area contributed by atoms with Crippen molar-refractivity contribution in [3.8, 4) is 11.3 Å². The van der Waals surface area contributed by atoms with Crippen LogP contribution in [0.2, 0.25) is 0 Å². The normalized spacial score (nSPS) is 16.5. The van der Waals surface area contributed by atoms with Gasteiger partial charge in [0, 0.05) is 30.9 Å². The summed E-state index contributed by atoms with van der Waals surface area (Å²) in [6, 6.07) is 10.7. The van der Waals surface area contributed by atoms with E-state index in [1.807, 2.05) is 25.1 Å². The molecule has 0 aliphatic carbocycles. The van der Waals surface area contributed by atoms with Gasteiger partial charge in [0.05, 0.1) is 37.4 Å². The molecule has 4 N–H and O–H groups in total. The maximum Gasteiger partial charge on any atom is 0.248 e. The number of carbonyl (C=O) groups excluding carboxylic acids is 1. The summed E-state index contributed by atoms with van der Waals surface area (Å²) in [5.74, 6) is 0.420. The first-order valence-electron chi connectivity index (χ1n) is 11.8. The molecule has 186 valence electrons. The van der Waals surface area contributed by atoms with Crippen LogP contribution in [0.25, 0.3) is 22.3 Å². The second kappa shape index (κ2) is 10.9. The number of hydrogen-bond donors (Lipinski definition) is 2. The molecule has 5 rings (SSSR count). The summed E-state index contributed by atoms with van der Waals surface area (Å²) in [7, 11) is 0. The number of pyridine rings is 1. The summed E-state index contributed by atoms with van der Waals surface area (Å²) in [5, 5.41) is 0.679. The molecular formula is C25H32N6O4. The van der Waals surface area contributed by atoms with Gasteiger partial charge in [0.1, 0.15) is 11.4 Å². The summed E-state index contributed by atoms with van der Waals surface area (Å²) >= 11 is 0. The zero-order valence-electron chi connectivity index (χ0n) is 20.2. The number of nitrogens with zero attached hydrogens (tertiary/aromatic N) is 4. The average molecular weight is 481 g/mol. The first-order valence-corrected chi connectivity index (χ1v) is 11.8. The molecule has 1 amide bonds. The minimum atomic E-state index is -0.484. The molecule has 35 heavy (non-hydrogen) atoms. The van der Waals surface area contributed by atoms with Crippen LogP contribution in [-0.2, 0) is 14.2 Å². The monoisotopic (exact) mass is 480 g/mol. The number of amides is 1. The van der Waals surface area contributed by atoms with E-state index in [9.17, 15) is 4.79 Å². The lowest BCUT2D eigenvalue weighted by Gasteiger charge is -2.47. The summed E-state index contributed by atoms with van der Waals surface area (Å²) < 4.78 is 16.2. The number of hydrogen-bond acceptors (Lipinski definition) is 9. The molecule has 1 spiro atoms. The van der Waals surface area contributed by atoms with Crippen LogP contribution in [0.1, 0.15) is 30.6 Å². The molecule has 0 radical (unpaired) electrons. The highest BCUT2D eigenvalue weighted by Gasteiger charge is 2.44. The van der Waals surface area contributed by atoms with Crippen molar-refractivity contribution < 1.29 is 19.0 Å². The predicted molar refractivity (Wildman–Crippen MR) is 134 cm³/mol. The molecule has 3 aromatic rings. The quantitative estimate of drug-likeness (QED) is 0.509. The minimum absolute atomic E-state index is 0.282. The molecule has 2 fully saturated rings. The Morgan fingerprint density at radius 1 is 1.17 bits per heavy atom. The minimum Gasteiger partial charge on any atom is -0.383 e. The van der Waals surface area contributed by atoms with Crippen LogP contribution in [0.5, 0.6) is 0 Å². The molecular weight excluding hydrogens is 448 g/mol. The Morgan fingerprint density at radius 3 is 2.66 bits per heavy atom. The highest BCUT2D eigenvalue weighted by atomic mass is 16.6. The second-order valence-electron chi connectivity index (χ2n) is 8.56. The van der Waals surface area contributed by atoms with E-state index in [1.165, 1.54) is 0 Å². The van der Waals surface area contributed by atoms with Crippen LogP contribution in [0.3, 0.4) is 0 Å². The third kappa shape index (κ3) is 5.67. The molecule has 2 saturated heterocycles. The summed E-state index contributed by atoms with van der Waals surface area (Å²) in [6.07, 6.45) is 1.13. The zero-order valence-corrected chi connectivity index (χ0v) is 20.2. The number of fused-ring (bicyclic) bond motifs is 1. The first kappa shape index (κ1) is 24.8. The first-order chi connectivity index (χ1) is 16.9. The van der Waals surface area contributed by atoms with E-state index in [1.54, 1.807) is 18.2 Å². The van der Waals surface area contributed by atoms with Crippen molar-refractivity contribution in [1.29, 1.82) is 0 Å². The third-order valence-electron chi connectivity index (χ3n) is 5.83. The van der Waals surface area contributed by atoms with E-state index >= 15 is 0 Å². The van der Waals surface area contributed by atoms with E-state index in [-0.39, 0.29) is 5.60 Å². The molecule has 0 bridgehead atoms. The van der Waals surface area contributed by atoms with Gasteiger partial charge in [0.25, 0.3) is 0 Å². The van der Waals surface area contributed by atoms with Crippen LogP contribution in [0.4, 0.5) is 11.8 Å². The second-order valence-corrected chi connectivity index (χ2v) is 8.56. The molecule has 1 aromatic carbocycles. The molecule has 0 atom stereocenters. The highest BCUT2D eigenvalue weighted by molar-refractivity contribution is 5.94. The Bertz CT molecular complexity index is 1180. The number of ether oxygens (including phenoxy) is 3. The smallest absolute Gasteiger partial charge is 0.248 e. The van der Waals surface area contributed by atoms with Gasteiger partial charge in [0.2, 0.25) is 11.9 Å². The van der Waals surface area contributed by atoms with Gasteiger partial charge in [-0.25, -0.2) is 4.98 Å². The lowest BCUT2D eigenvalue weighted by Crippen LogP contribution is -2.63. The van der Waals surface area contributed by atoms with Crippen molar-refractivity contribution in [2.75, 3.05) is 56.8 Å². The third-order valence-corrected chi connectivity index (χ3v) is 5.83. The predicted octanol–water partition coefficient (Wildman–Crippen LogP) is 2.41. The highest BCUT2D eigenvalue weighted by Crippen LogP contribution is 2.30. The van der Waals surface area contributed by atoms with Gasteiger partial charge in [-0.2, -0.15) is 9.97 Å². The van der Waals surface area contributed by atoms with Crippen LogP contribution < -0.4 is 16.4 Å². The van der Waals surface area contributed by atoms with E-state index in [0.29, 0.717) is 67.0 Å². The van der Waals surface area contributed by atoms with Gasteiger partial charge in [-0.15, -0.1) is 0 Å². The maximum atomic E-state index is 11.5. The van der Waals surface area contributed by atoms with Gasteiger partial charge in [-0.3, -0.25) is 4.79 Å². The molecule has 10 nitrogen and oxygen atoms in total. The lowest BCUT2D eigenvalue weighted by molar-refractivity contribution is -0.212. The fourth-order valence-electron chi connectivity index (χ4n) is 3.96. The van der Waals surface area contributed by atoms with Crippen molar-refractivity contribution in [2.24, 2.45) is 5.73 Å². The van der Waals surface area contributed by atoms with Gasteiger partial charge >= 0.3 is 0 Å². The van der Waals surface area contributed by atoms with E-state index < -0.39 is 5.91 Å². The number of aromatic nitrogens is 3. The van der Waals surface area contributed by atoms with Crippen molar-refractivity contribution in [3.63, 3.8) is 0 Å². The molecule has 2 aromatic heterocycles. The largest absolute Gasteiger partial charge is 0.383 e. The molecule has 2 aliphatic heterocycles. The summed E-state index contributed by atoms with van der Waals surface area (Å²) in [4.78, 5) is 27.4. The fourth-order valence-corrected chi connectivity index (χ4v) is 3.96. The van der Waals surface area contributed by atoms with Crippen LogP contribution in [-0.4, -0.2) is 72.6 Å². The van der Waals surface area contributed by atoms with Crippen molar-refractivity contribution in [3.05, 3.63) is 42.0 Å². The summed E-state index contributed by atoms with van der Waals surface area (Å²) in [5.41, 5.74) is 13.7. The Balaban J connectivity index is 0.000000431. The number of benzene rings is 1. The van der Waals surface area contributed by atoms with E-state index in [0.717, 1.165) is 25.2 Å². The Hall–Kier alpha value is -3.34. The van der Waals surface area contributed by atoms with Gasteiger partial charge in [-0.1, -0.05) is 19.1 Å². The zero-order chi connectivity index (χ0) is 24.8. The Morgan fingerprint density at radius 2 is 2.00 bits per heavy atom. The van der Waals surface area contributed by atoms with Crippen LogP contribution in [0.15, 0.2) is 36.4 Å². The molecule has 0 saturated carbocycles. The number of primary amides is 1. The standard InChI is InChI=1S/C20H20N6O3.C5H12O/c21-16-14-4-5-15(12-2-1-3-13(8-12)17(22)27)23-18(14)25-19(24-16)26-6-7-29-20(9-26)10-28-11-20;1-3-5-6-4-2/h1-5,8H,6-7,9-11H2,(H2,22,27)(H2,21,23,24,25);3-5H2,1-2H3. The van der Waals surface area contributed by atoms with Crippen molar-refractivity contribution in [1.82, 2.24) is 15.0 Å². The Kier molecular flexibility index (Phi) is 7.74. The maximum absolute atomic E-state index is 11.5. The van der Waals surface area contributed by atoms with Gasteiger partial charge in [-0.05, 0) is 37.6 Å². The number of nitrogens with two attached hydrogens (primary N) is 2. The lowest BCUT2D eigenvalue weighted by atomic mass is 10.00. The molecule has 10 heteroatoms. The number of nitrogen functional groups attached to an aromatic ring is 1. The summed E-state index contributed by atoms with van der Waals surface area (Å²) in [6.45, 7) is 8.94. The SMILES string of the molecule is CCCOCC.NC(=O)c1cccc(-c2ccc3c(N)nc(N4CCOC5(COC5)C4)nc3n2)c1. The average Bonchev–Trinajstić information content (AvgIpc) is 2.86. The fraction of sp³-hybridized carbons (Fsp3) is 0.440. The van der Waals surface area contributed by atoms with E-state index in [2.05, 4.69) is 26.8 Å². The number of anilines is 2. The van der Waals surface area contributed by atoms with Crippen LogP contribution in [0, 0.1) is 0 Å². The molecule has 0 unspecified atom stereocenters. The van der Waals surface area contributed by atoms with Crippen molar-refractivity contribution >= 4 is 28.7 Å². The number of rotatable bonds is 6. The van der Waals surface area contributed by atoms with Gasteiger partial charge in [0.15, 0.2) is 5.65 Å². The molecule has 2 aliphatic rings. The van der Waals surface area contributed by atoms with Crippen molar-refractivity contribution in [2.45, 2.75) is 25.9 Å². The number of carbonyl (C=O) groups is 1.